The van der Waals surface area contributed by atoms with Crippen molar-refractivity contribution in [1.82, 2.24) is 24.9 Å². The van der Waals surface area contributed by atoms with Crippen LogP contribution in [0.3, 0.4) is 0 Å². The van der Waals surface area contributed by atoms with Gasteiger partial charge in [0.2, 0.25) is 0 Å². The third-order valence-electron chi connectivity index (χ3n) is 4.75. The zero-order chi connectivity index (χ0) is 19.3. The van der Waals surface area contributed by atoms with Gasteiger partial charge in [-0.25, -0.2) is 24.3 Å². The van der Waals surface area contributed by atoms with Crippen molar-refractivity contribution in [2.45, 2.75) is 12.8 Å². The van der Waals surface area contributed by atoms with Crippen molar-refractivity contribution in [3.63, 3.8) is 0 Å². The second-order valence-corrected chi connectivity index (χ2v) is 7.48. The molecule has 0 aliphatic rings. The van der Waals surface area contributed by atoms with E-state index in [2.05, 4.69) is 19.9 Å². The summed E-state index contributed by atoms with van der Waals surface area (Å²) in [5.74, 6) is 0.441. The number of rotatable bonds is 3. The minimum absolute atomic E-state index is 0.178. The van der Waals surface area contributed by atoms with Crippen molar-refractivity contribution in [2.24, 2.45) is 0 Å². The largest absolute Gasteiger partial charge is 0.382 e. The van der Waals surface area contributed by atoms with Crippen LogP contribution in [0.15, 0.2) is 48.1 Å². The zero-order valence-corrected chi connectivity index (χ0v) is 15.7. The Labute approximate surface area is 163 Å². The van der Waals surface area contributed by atoms with Crippen LogP contribution in [0.4, 0.5) is 10.2 Å². The van der Waals surface area contributed by atoms with Crippen molar-refractivity contribution in [3.8, 4) is 10.6 Å². The number of H-pyrrole nitrogens is 1. The van der Waals surface area contributed by atoms with Gasteiger partial charge in [0.1, 0.15) is 17.2 Å². The van der Waals surface area contributed by atoms with Crippen LogP contribution < -0.4 is 5.73 Å². The van der Waals surface area contributed by atoms with E-state index in [1.54, 1.807) is 23.7 Å². The molecule has 0 bridgehead atoms. The molecule has 0 saturated carbocycles. The molecule has 0 radical (unpaired) electrons. The average molecular weight is 390 g/mol. The lowest BCUT2D eigenvalue weighted by Gasteiger charge is -2.16. The van der Waals surface area contributed by atoms with Crippen molar-refractivity contribution >= 4 is 39.2 Å². The molecule has 0 saturated heterocycles. The first-order chi connectivity index (χ1) is 13.6. The van der Waals surface area contributed by atoms with Gasteiger partial charge in [0.15, 0.2) is 11.5 Å². The first kappa shape index (κ1) is 16.8. The number of imidazole rings is 1. The molecule has 5 rings (SSSR count). The first-order valence-corrected chi connectivity index (χ1v) is 9.58. The van der Waals surface area contributed by atoms with Gasteiger partial charge in [-0.2, -0.15) is 0 Å². The van der Waals surface area contributed by atoms with E-state index in [1.165, 1.54) is 12.1 Å². The van der Waals surface area contributed by atoms with Crippen LogP contribution in [-0.4, -0.2) is 24.9 Å². The molecule has 0 aliphatic heterocycles. The van der Waals surface area contributed by atoms with Crippen LogP contribution in [0.5, 0.6) is 0 Å². The predicted octanol–water partition coefficient (Wildman–Crippen LogP) is 4.50. The fraction of sp³-hybridized carbons (Fsp3) is 0.100. The Morgan fingerprint density at radius 1 is 1.14 bits per heavy atom. The van der Waals surface area contributed by atoms with Crippen LogP contribution in [-0.2, 0) is 0 Å². The molecular weight excluding hydrogens is 375 g/mol. The lowest BCUT2D eigenvalue weighted by Crippen LogP contribution is -2.08. The number of hydrogen-bond acceptors (Lipinski definition) is 6. The fourth-order valence-electron chi connectivity index (χ4n) is 3.30. The number of thiophene rings is 1. The molecule has 138 valence electrons. The number of halogens is 1. The van der Waals surface area contributed by atoms with Crippen molar-refractivity contribution in [2.75, 3.05) is 5.73 Å². The smallest absolute Gasteiger partial charge is 0.183 e. The standard InChI is InChI=1S/C20H15FN6S/c1-10(19-26-18(22)17-20(27-19)24-9-23-17)13-7-11-4-5-12(21)8-14(11)25-16(13)15-3-2-6-28-15/h2-10H,1H3,(H3,22,23,24,26,27)/t10-/m0/s1. The van der Waals surface area contributed by atoms with Gasteiger partial charge in [0.25, 0.3) is 0 Å². The molecule has 6 nitrogen and oxygen atoms in total. The molecule has 4 aromatic heterocycles. The first-order valence-electron chi connectivity index (χ1n) is 8.71. The molecular formula is C20H15FN6S. The van der Waals surface area contributed by atoms with Crippen LogP contribution >= 0.6 is 11.3 Å². The summed E-state index contributed by atoms with van der Waals surface area (Å²) in [6.07, 6.45) is 1.55. The van der Waals surface area contributed by atoms with E-state index >= 15 is 0 Å². The Hall–Kier alpha value is -3.39. The summed E-state index contributed by atoms with van der Waals surface area (Å²) in [6.45, 7) is 2.01. The van der Waals surface area contributed by atoms with E-state index in [0.29, 0.717) is 28.3 Å². The number of aromatic nitrogens is 5. The monoisotopic (exact) mass is 390 g/mol. The van der Waals surface area contributed by atoms with Crippen molar-refractivity contribution < 1.29 is 4.39 Å². The summed E-state index contributed by atoms with van der Waals surface area (Å²) in [4.78, 5) is 22.0. The van der Waals surface area contributed by atoms with E-state index in [9.17, 15) is 4.39 Å². The number of hydrogen-bond donors (Lipinski definition) is 2. The number of nitrogen functional groups attached to an aromatic ring is 1. The molecule has 0 aliphatic carbocycles. The van der Waals surface area contributed by atoms with Gasteiger partial charge < -0.3 is 10.7 Å². The highest BCUT2D eigenvalue weighted by Crippen LogP contribution is 2.36. The number of benzene rings is 1. The Balaban J connectivity index is 1.73. The molecule has 1 atom stereocenters. The van der Waals surface area contributed by atoms with Crippen LogP contribution in [0.25, 0.3) is 32.6 Å². The molecule has 28 heavy (non-hydrogen) atoms. The number of pyridine rings is 1. The third kappa shape index (κ3) is 2.69. The molecule has 5 aromatic rings. The van der Waals surface area contributed by atoms with Gasteiger partial charge in [0.05, 0.1) is 22.4 Å². The minimum Gasteiger partial charge on any atom is -0.382 e. The Morgan fingerprint density at radius 3 is 2.86 bits per heavy atom. The maximum absolute atomic E-state index is 13.7. The summed E-state index contributed by atoms with van der Waals surface area (Å²) in [7, 11) is 0. The molecule has 4 heterocycles. The topological polar surface area (TPSA) is 93.4 Å². The molecule has 8 heteroatoms. The van der Waals surface area contributed by atoms with E-state index in [4.69, 9.17) is 10.7 Å². The predicted molar refractivity (Wildman–Crippen MR) is 109 cm³/mol. The molecule has 0 amide bonds. The van der Waals surface area contributed by atoms with E-state index in [1.807, 2.05) is 30.5 Å². The highest BCUT2D eigenvalue weighted by molar-refractivity contribution is 7.13. The van der Waals surface area contributed by atoms with E-state index < -0.39 is 0 Å². The minimum atomic E-state index is -0.307. The molecule has 0 spiro atoms. The third-order valence-corrected chi connectivity index (χ3v) is 5.63. The molecule has 3 N–H and O–H groups in total. The molecule has 0 unspecified atom stereocenters. The van der Waals surface area contributed by atoms with Crippen LogP contribution in [0.1, 0.15) is 24.2 Å². The zero-order valence-electron chi connectivity index (χ0n) is 14.8. The maximum Gasteiger partial charge on any atom is 0.183 e. The van der Waals surface area contributed by atoms with Gasteiger partial charge in [0, 0.05) is 17.4 Å². The Morgan fingerprint density at radius 2 is 2.04 bits per heavy atom. The maximum atomic E-state index is 13.7. The molecule has 1 aromatic carbocycles. The fourth-order valence-corrected chi connectivity index (χ4v) is 4.04. The number of fused-ring (bicyclic) bond motifs is 2. The number of nitrogens with one attached hydrogen (secondary N) is 1. The summed E-state index contributed by atoms with van der Waals surface area (Å²) < 4.78 is 13.7. The number of anilines is 1. The van der Waals surface area contributed by atoms with E-state index in [0.717, 1.165) is 21.5 Å². The van der Waals surface area contributed by atoms with Crippen LogP contribution in [0, 0.1) is 5.82 Å². The second-order valence-electron chi connectivity index (χ2n) is 6.53. The summed E-state index contributed by atoms with van der Waals surface area (Å²) in [5.41, 5.74) is 9.60. The number of nitrogens with two attached hydrogens (primary N) is 1. The highest BCUT2D eigenvalue weighted by atomic mass is 32.1. The van der Waals surface area contributed by atoms with Crippen molar-refractivity contribution in [1.29, 1.82) is 0 Å². The van der Waals surface area contributed by atoms with Gasteiger partial charge >= 0.3 is 0 Å². The quantitative estimate of drug-likeness (QED) is 0.473. The van der Waals surface area contributed by atoms with Gasteiger partial charge in [-0.1, -0.05) is 13.0 Å². The number of nitrogens with zero attached hydrogens (tertiary/aromatic N) is 4. The van der Waals surface area contributed by atoms with Gasteiger partial charge in [-0.05, 0) is 35.2 Å². The second kappa shape index (κ2) is 6.35. The van der Waals surface area contributed by atoms with Gasteiger partial charge in [-0.3, -0.25) is 0 Å². The summed E-state index contributed by atoms with van der Waals surface area (Å²) in [6, 6.07) is 10.6. The molecule has 0 fully saturated rings. The SMILES string of the molecule is C[C@H](c1nc(N)c2[nH]cnc2n1)c1cc2ccc(F)cc2nc1-c1cccs1. The lowest BCUT2D eigenvalue weighted by molar-refractivity contribution is 0.629. The normalized spacial score (nSPS) is 12.6. The lowest BCUT2D eigenvalue weighted by atomic mass is 9.95. The Kier molecular flexibility index (Phi) is 3.80. The average Bonchev–Trinajstić information content (AvgIpc) is 3.38. The van der Waals surface area contributed by atoms with Gasteiger partial charge in [-0.15, -0.1) is 11.3 Å². The highest BCUT2D eigenvalue weighted by Gasteiger charge is 2.21. The summed E-state index contributed by atoms with van der Waals surface area (Å²) >= 11 is 1.58. The number of aromatic amines is 1. The van der Waals surface area contributed by atoms with Crippen molar-refractivity contribution in [3.05, 3.63) is 65.3 Å². The van der Waals surface area contributed by atoms with Crippen LogP contribution in [0.2, 0.25) is 0 Å². The van der Waals surface area contributed by atoms with E-state index in [-0.39, 0.29) is 11.7 Å². The summed E-state index contributed by atoms with van der Waals surface area (Å²) in [5, 5.41) is 2.85. The Bertz CT molecular complexity index is 1310.